The predicted octanol–water partition coefficient (Wildman–Crippen LogP) is 4.07. The van der Waals surface area contributed by atoms with Crippen molar-refractivity contribution in [3.63, 3.8) is 0 Å². The fourth-order valence-electron chi connectivity index (χ4n) is 3.00. The molecule has 0 saturated heterocycles. The second-order valence-electron chi connectivity index (χ2n) is 6.89. The number of rotatable bonds is 6. The lowest BCUT2D eigenvalue weighted by molar-refractivity contribution is 0.0997. The van der Waals surface area contributed by atoms with E-state index in [0.29, 0.717) is 38.9 Å². The molecule has 9 heteroatoms. The molecular formula is C21H19ClN4O4. The van der Waals surface area contributed by atoms with Crippen LogP contribution < -0.4 is 25.8 Å². The van der Waals surface area contributed by atoms with Crippen molar-refractivity contribution in [3.8, 4) is 17.2 Å². The van der Waals surface area contributed by atoms with Crippen LogP contribution in [-0.4, -0.2) is 30.1 Å². The summed E-state index contributed by atoms with van der Waals surface area (Å²) in [7, 11) is 1.45. The van der Waals surface area contributed by atoms with Crippen LogP contribution in [0.15, 0.2) is 42.6 Å². The number of hydrogen-bond donors (Lipinski definition) is 3. The van der Waals surface area contributed by atoms with Gasteiger partial charge in [-0.1, -0.05) is 11.6 Å². The molecule has 1 heterocycles. The Hall–Kier alpha value is -3.52. The summed E-state index contributed by atoms with van der Waals surface area (Å²) in [5.74, 6) is 0.559. The van der Waals surface area contributed by atoms with Gasteiger partial charge in [0.15, 0.2) is 0 Å². The van der Waals surface area contributed by atoms with Crippen molar-refractivity contribution in [2.75, 3.05) is 12.4 Å². The molecule has 4 N–H and O–H groups in total. The maximum Gasteiger partial charge on any atom is 0.319 e. The third kappa shape index (κ3) is 4.38. The van der Waals surface area contributed by atoms with E-state index in [2.05, 4.69) is 15.6 Å². The molecule has 3 aromatic rings. The second kappa shape index (κ2) is 8.08. The van der Waals surface area contributed by atoms with Gasteiger partial charge in [-0.25, -0.2) is 4.79 Å². The Bertz CT molecular complexity index is 1150. The van der Waals surface area contributed by atoms with Gasteiger partial charge in [-0.2, -0.15) is 0 Å². The van der Waals surface area contributed by atoms with Crippen LogP contribution in [0.25, 0.3) is 10.9 Å². The average molecular weight is 427 g/mol. The molecule has 30 heavy (non-hydrogen) atoms. The smallest absolute Gasteiger partial charge is 0.319 e. The molecule has 0 atom stereocenters. The van der Waals surface area contributed by atoms with Crippen molar-refractivity contribution in [3.05, 3.63) is 53.2 Å². The zero-order valence-electron chi connectivity index (χ0n) is 16.1. The third-order valence-corrected chi connectivity index (χ3v) is 4.78. The maximum atomic E-state index is 12.0. The number of nitrogens with two attached hydrogens (primary N) is 1. The second-order valence-corrected chi connectivity index (χ2v) is 7.33. The van der Waals surface area contributed by atoms with Crippen LogP contribution in [-0.2, 0) is 0 Å². The van der Waals surface area contributed by atoms with Crippen LogP contribution in [0.5, 0.6) is 17.2 Å². The molecule has 0 unspecified atom stereocenters. The Balaban J connectivity index is 1.65. The van der Waals surface area contributed by atoms with E-state index < -0.39 is 5.91 Å². The first kappa shape index (κ1) is 19.8. The number of carbonyl (C=O) groups excluding carboxylic acids is 2. The van der Waals surface area contributed by atoms with Crippen molar-refractivity contribution in [2.24, 2.45) is 5.73 Å². The van der Waals surface area contributed by atoms with E-state index in [0.717, 1.165) is 12.8 Å². The molecule has 0 aliphatic heterocycles. The zero-order valence-corrected chi connectivity index (χ0v) is 16.8. The normalized spacial score (nSPS) is 13.0. The number of aromatic nitrogens is 1. The molecule has 1 aliphatic rings. The van der Waals surface area contributed by atoms with Crippen LogP contribution in [0.3, 0.4) is 0 Å². The fraction of sp³-hybridized carbons (Fsp3) is 0.190. The molecule has 0 bridgehead atoms. The van der Waals surface area contributed by atoms with Crippen LogP contribution in [0.1, 0.15) is 23.2 Å². The minimum absolute atomic E-state index is 0.216. The topological polar surface area (TPSA) is 116 Å². The van der Waals surface area contributed by atoms with Gasteiger partial charge in [-0.15, -0.1) is 0 Å². The predicted molar refractivity (Wildman–Crippen MR) is 114 cm³/mol. The Labute approximate surface area is 177 Å². The molecule has 0 radical (unpaired) electrons. The Morgan fingerprint density at radius 1 is 1.17 bits per heavy atom. The lowest BCUT2D eigenvalue weighted by Crippen LogP contribution is -2.30. The molecule has 4 rings (SSSR count). The number of halogens is 1. The number of pyridine rings is 1. The standard InChI is InChI=1S/C21H19ClN4O4/c1-29-19-10-17-15(9-16(19)20(23)27)18(4-5-24-17)30-14-7-11(22)6-13(8-14)26-21(28)25-12-2-3-12/h4-10,12H,2-3H2,1H3,(H2,23,27)(H2,25,26,28). The van der Waals surface area contributed by atoms with E-state index >= 15 is 0 Å². The highest BCUT2D eigenvalue weighted by Gasteiger charge is 2.23. The van der Waals surface area contributed by atoms with Crippen molar-refractivity contribution in [1.29, 1.82) is 0 Å². The Morgan fingerprint density at radius 2 is 1.97 bits per heavy atom. The molecular weight excluding hydrogens is 408 g/mol. The van der Waals surface area contributed by atoms with Gasteiger partial charge in [-0.3, -0.25) is 9.78 Å². The van der Waals surface area contributed by atoms with Crippen molar-refractivity contribution in [1.82, 2.24) is 10.3 Å². The van der Waals surface area contributed by atoms with E-state index in [1.54, 1.807) is 42.6 Å². The molecule has 1 aromatic heterocycles. The number of anilines is 1. The number of fused-ring (bicyclic) bond motifs is 1. The highest BCUT2D eigenvalue weighted by molar-refractivity contribution is 6.31. The number of carbonyl (C=O) groups is 2. The van der Waals surface area contributed by atoms with Gasteiger partial charge in [0.05, 0.1) is 18.2 Å². The summed E-state index contributed by atoms with van der Waals surface area (Å²) in [6, 6.07) is 9.70. The van der Waals surface area contributed by atoms with Gasteiger partial charge >= 0.3 is 6.03 Å². The summed E-state index contributed by atoms with van der Waals surface area (Å²) in [6.45, 7) is 0. The number of ether oxygens (including phenoxy) is 2. The molecule has 1 aliphatic carbocycles. The maximum absolute atomic E-state index is 12.0. The van der Waals surface area contributed by atoms with Crippen LogP contribution in [0.2, 0.25) is 5.02 Å². The highest BCUT2D eigenvalue weighted by atomic mass is 35.5. The van der Waals surface area contributed by atoms with Gasteiger partial charge in [0, 0.05) is 40.5 Å². The Kier molecular flexibility index (Phi) is 5.33. The Morgan fingerprint density at radius 3 is 2.67 bits per heavy atom. The van der Waals surface area contributed by atoms with E-state index in [9.17, 15) is 9.59 Å². The van der Waals surface area contributed by atoms with Crippen LogP contribution >= 0.6 is 11.6 Å². The van der Waals surface area contributed by atoms with Crippen molar-refractivity contribution in [2.45, 2.75) is 18.9 Å². The van der Waals surface area contributed by atoms with Gasteiger partial charge in [0.1, 0.15) is 17.2 Å². The first-order valence-corrected chi connectivity index (χ1v) is 9.63. The fourth-order valence-corrected chi connectivity index (χ4v) is 3.22. The molecule has 8 nitrogen and oxygen atoms in total. The largest absolute Gasteiger partial charge is 0.496 e. The summed E-state index contributed by atoms with van der Waals surface area (Å²) in [5.41, 5.74) is 6.74. The first-order valence-electron chi connectivity index (χ1n) is 9.25. The number of methoxy groups -OCH3 is 1. The van der Waals surface area contributed by atoms with Crippen molar-refractivity contribution < 1.29 is 19.1 Å². The number of urea groups is 1. The molecule has 154 valence electrons. The van der Waals surface area contributed by atoms with Crippen molar-refractivity contribution >= 4 is 40.1 Å². The number of nitrogens with one attached hydrogen (secondary N) is 2. The van der Waals surface area contributed by atoms with Crippen LogP contribution in [0.4, 0.5) is 10.5 Å². The van der Waals surface area contributed by atoms with E-state index in [1.807, 2.05) is 0 Å². The molecule has 0 spiro atoms. The molecule has 1 fully saturated rings. The van der Waals surface area contributed by atoms with Crippen LogP contribution in [0, 0.1) is 0 Å². The summed E-state index contributed by atoms with van der Waals surface area (Å²) in [5, 5.41) is 6.57. The zero-order chi connectivity index (χ0) is 21.3. The van der Waals surface area contributed by atoms with Gasteiger partial charge in [0.2, 0.25) is 0 Å². The first-order chi connectivity index (χ1) is 14.4. The minimum Gasteiger partial charge on any atom is -0.496 e. The summed E-state index contributed by atoms with van der Waals surface area (Å²) in [6.07, 6.45) is 3.56. The number of benzene rings is 2. The summed E-state index contributed by atoms with van der Waals surface area (Å²) < 4.78 is 11.2. The lowest BCUT2D eigenvalue weighted by Gasteiger charge is -2.13. The quantitative estimate of drug-likeness (QED) is 0.549. The number of nitrogens with zero attached hydrogens (tertiary/aromatic N) is 1. The van der Waals surface area contributed by atoms with E-state index in [1.165, 1.54) is 7.11 Å². The summed E-state index contributed by atoms with van der Waals surface area (Å²) in [4.78, 5) is 28.1. The van der Waals surface area contributed by atoms with E-state index in [4.69, 9.17) is 26.8 Å². The van der Waals surface area contributed by atoms with Gasteiger partial charge in [-0.05, 0) is 37.1 Å². The van der Waals surface area contributed by atoms with E-state index in [-0.39, 0.29) is 17.6 Å². The van der Waals surface area contributed by atoms with Gasteiger partial charge in [0.25, 0.3) is 5.91 Å². The minimum atomic E-state index is -0.625. The number of amides is 3. The number of hydrogen-bond acceptors (Lipinski definition) is 5. The third-order valence-electron chi connectivity index (χ3n) is 4.56. The highest BCUT2D eigenvalue weighted by Crippen LogP contribution is 2.35. The average Bonchev–Trinajstić information content (AvgIpc) is 3.50. The molecule has 3 amide bonds. The molecule has 1 saturated carbocycles. The monoisotopic (exact) mass is 426 g/mol. The van der Waals surface area contributed by atoms with Gasteiger partial charge < -0.3 is 25.8 Å². The number of primary amides is 1. The summed E-state index contributed by atoms with van der Waals surface area (Å²) >= 11 is 6.20. The SMILES string of the molecule is COc1cc2nccc(Oc3cc(Cl)cc(NC(=O)NC4CC4)c3)c2cc1C(N)=O. The molecule has 2 aromatic carbocycles. The lowest BCUT2D eigenvalue weighted by atomic mass is 10.1.